The number of nitrogens with zero attached hydrogens (tertiary/aromatic N) is 1. The molecule has 0 unspecified atom stereocenters. The molecule has 0 saturated carbocycles. The van der Waals surface area contributed by atoms with E-state index in [-0.39, 0.29) is 5.91 Å². The van der Waals surface area contributed by atoms with Gasteiger partial charge in [0.2, 0.25) is 0 Å². The second-order valence-electron chi connectivity index (χ2n) is 6.73. The minimum absolute atomic E-state index is 0.132. The summed E-state index contributed by atoms with van der Waals surface area (Å²) in [6, 6.07) is 21.2. The fourth-order valence-electron chi connectivity index (χ4n) is 3.29. The van der Waals surface area contributed by atoms with Crippen LogP contribution in [0.25, 0.3) is 0 Å². The molecular formula is C23H22N2O3S. The number of rotatable bonds is 5. The molecule has 1 aliphatic heterocycles. The van der Waals surface area contributed by atoms with Crippen molar-refractivity contribution < 1.29 is 14.3 Å². The molecule has 1 amide bonds. The Balaban J connectivity index is 1.49. The van der Waals surface area contributed by atoms with Crippen LogP contribution >= 0.6 is 12.6 Å². The van der Waals surface area contributed by atoms with E-state index in [2.05, 4.69) is 22.8 Å². The predicted octanol–water partition coefficient (Wildman–Crippen LogP) is 4.44. The fraction of sp³-hybridized carbons (Fsp3) is 0.174. The first-order chi connectivity index (χ1) is 14.1. The number of methoxy groups -OCH3 is 1. The third-order valence-corrected chi connectivity index (χ3v) is 5.16. The van der Waals surface area contributed by atoms with Crippen LogP contribution in [-0.4, -0.2) is 26.2 Å². The van der Waals surface area contributed by atoms with E-state index in [1.165, 1.54) is 0 Å². The lowest BCUT2D eigenvalue weighted by atomic mass is 10.1. The molecule has 0 spiro atoms. The van der Waals surface area contributed by atoms with Gasteiger partial charge in [0.15, 0.2) is 0 Å². The van der Waals surface area contributed by atoms with Crippen LogP contribution in [0.5, 0.6) is 11.5 Å². The van der Waals surface area contributed by atoms with Crippen LogP contribution in [0.3, 0.4) is 0 Å². The van der Waals surface area contributed by atoms with Crippen LogP contribution in [-0.2, 0) is 6.54 Å². The molecule has 6 heteroatoms. The van der Waals surface area contributed by atoms with Crippen LogP contribution in [0.1, 0.15) is 15.9 Å². The second kappa shape index (κ2) is 8.49. The summed E-state index contributed by atoms with van der Waals surface area (Å²) in [4.78, 5) is 15.7. The number of fused-ring (bicyclic) bond motifs is 1. The van der Waals surface area contributed by atoms with Gasteiger partial charge < -0.3 is 19.7 Å². The highest BCUT2D eigenvalue weighted by Crippen LogP contribution is 2.37. The maximum atomic E-state index is 12.6. The van der Waals surface area contributed by atoms with Gasteiger partial charge in [-0.2, -0.15) is 0 Å². The monoisotopic (exact) mass is 406 g/mol. The van der Waals surface area contributed by atoms with Gasteiger partial charge in [-0.05, 0) is 60.2 Å². The van der Waals surface area contributed by atoms with E-state index in [4.69, 9.17) is 9.47 Å². The Labute approximate surface area is 175 Å². The van der Waals surface area contributed by atoms with Crippen LogP contribution in [0.4, 0.5) is 11.4 Å². The van der Waals surface area contributed by atoms with E-state index < -0.39 is 0 Å². The summed E-state index contributed by atoms with van der Waals surface area (Å²) in [5.41, 5.74) is 3.60. The quantitative estimate of drug-likeness (QED) is 0.615. The van der Waals surface area contributed by atoms with Gasteiger partial charge >= 0.3 is 0 Å². The van der Waals surface area contributed by atoms with Gasteiger partial charge in [-0.1, -0.05) is 12.1 Å². The molecule has 29 heavy (non-hydrogen) atoms. The Kier molecular flexibility index (Phi) is 5.62. The topological polar surface area (TPSA) is 50.8 Å². The zero-order valence-corrected chi connectivity index (χ0v) is 17.0. The third kappa shape index (κ3) is 4.32. The van der Waals surface area contributed by atoms with Crippen molar-refractivity contribution in [3.05, 3.63) is 77.9 Å². The first-order valence-electron chi connectivity index (χ1n) is 9.38. The summed E-state index contributed by atoms with van der Waals surface area (Å²) in [6.07, 6.45) is 0. The van der Waals surface area contributed by atoms with Crippen molar-refractivity contribution in [3.63, 3.8) is 0 Å². The lowest BCUT2D eigenvalue weighted by Crippen LogP contribution is -2.29. The molecule has 0 radical (unpaired) electrons. The molecular weight excluding hydrogens is 384 g/mol. The number of ether oxygens (including phenoxy) is 2. The summed E-state index contributed by atoms with van der Waals surface area (Å²) in [6.45, 7) is 1.76. The van der Waals surface area contributed by atoms with Crippen molar-refractivity contribution in [1.82, 2.24) is 5.32 Å². The highest BCUT2D eigenvalue weighted by Gasteiger charge is 2.21. The molecule has 3 aromatic rings. The Morgan fingerprint density at radius 3 is 2.59 bits per heavy atom. The van der Waals surface area contributed by atoms with Crippen LogP contribution < -0.4 is 19.7 Å². The molecule has 0 fully saturated rings. The highest BCUT2D eigenvalue weighted by atomic mass is 32.1. The molecule has 1 N–H and O–H groups in total. The molecule has 0 atom stereocenters. The Hall–Kier alpha value is -3.12. The summed E-state index contributed by atoms with van der Waals surface area (Å²) >= 11 is 4.28. The standard InChI is InChI=1S/C23H22N2O3S/c1-27-19-7-5-18(6-8-19)25-12-13-28-22-14-17(4-11-21(22)25)23(26)24-15-16-2-9-20(29)10-3-16/h2-11,14,29H,12-13,15H2,1H3,(H,24,26). The average molecular weight is 407 g/mol. The maximum Gasteiger partial charge on any atom is 0.251 e. The van der Waals surface area contributed by atoms with Crippen molar-refractivity contribution in [3.8, 4) is 11.5 Å². The Morgan fingerprint density at radius 1 is 1.10 bits per heavy atom. The predicted molar refractivity (Wildman–Crippen MR) is 117 cm³/mol. The molecule has 1 heterocycles. The van der Waals surface area contributed by atoms with Crippen molar-refractivity contribution in [2.75, 3.05) is 25.2 Å². The van der Waals surface area contributed by atoms with Crippen molar-refractivity contribution in [2.45, 2.75) is 11.4 Å². The van der Waals surface area contributed by atoms with Crippen LogP contribution in [0.15, 0.2) is 71.6 Å². The molecule has 1 aliphatic rings. The Morgan fingerprint density at radius 2 is 1.86 bits per heavy atom. The Bertz CT molecular complexity index is 1000. The number of hydrogen-bond donors (Lipinski definition) is 2. The number of anilines is 2. The van der Waals surface area contributed by atoms with Crippen molar-refractivity contribution in [1.29, 1.82) is 0 Å². The number of amides is 1. The maximum absolute atomic E-state index is 12.6. The SMILES string of the molecule is COc1ccc(N2CCOc3cc(C(=O)NCc4ccc(S)cc4)ccc32)cc1. The van der Waals surface area contributed by atoms with Gasteiger partial charge in [0.25, 0.3) is 5.91 Å². The van der Waals surface area contributed by atoms with Crippen LogP contribution in [0.2, 0.25) is 0 Å². The summed E-state index contributed by atoms with van der Waals surface area (Å²) in [7, 11) is 1.65. The van der Waals surface area contributed by atoms with Gasteiger partial charge in [-0.3, -0.25) is 4.79 Å². The first kappa shape index (κ1) is 19.2. The van der Waals surface area contributed by atoms with Gasteiger partial charge in [-0.25, -0.2) is 0 Å². The van der Waals surface area contributed by atoms with Gasteiger partial charge in [0.05, 0.1) is 19.3 Å². The summed E-state index contributed by atoms with van der Waals surface area (Å²) in [5.74, 6) is 1.39. The summed E-state index contributed by atoms with van der Waals surface area (Å²) in [5, 5.41) is 2.95. The van der Waals surface area contributed by atoms with E-state index in [0.29, 0.717) is 24.5 Å². The molecule has 0 bridgehead atoms. The van der Waals surface area contributed by atoms with E-state index in [9.17, 15) is 4.79 Å². The zero-order chi connectivity index (χ0) is 20.2. The second-order valence-corrected chi connectivity index (χ2v) is 7.25. The number of carbonyl (C=O) groups excluding carboxylic acids is 1. The number of hydrogen-bond acceptors (Lipinski definition) is 5. The summed E-state index contributed by atoms with van der Waals surface area (Å²) < 4.78 is 11.1. The van der Waals surface area contributed by atoms with Gasteiger partial charge in [0.1, 0.15) is 18.1 Å². The highest BCUT2D eigenvalue weighted by molar-refractivity contribution is 7.80. The number of thiol groups is 1. The number of benzene rings is 3. The fourth-order valence-corrected chi connectivity index (χ4v) is 3.44. The number of carbonyl (C=O) groups is 1. The molecule has 5 nitrogen and oxygen atoms in total. The minimum Gasteiger partial charge on any atom is -0.497 e. The minimum atomic E-state index is -0.132. The zero-order valence-electron chi connectivity index (χ0n) is 16.1. The number of nitrogens with one attached hydrogen (secondary N) is 1. The van der Waals surface area contributed by atoms with Gasteiger partial charge in [0, 0.05) is 22.7 Å². The van der Waals surface area contributed by atoms with Gasteiger partial charge in [-0.15, -0.1) is 12.6 Å². The molecule has 4 rings (SSSR count). The largest absolute Gasteiger partial charge is 0.497 e. The van der Waals surface area contributed by atoms with Crippen molar-refractivity contribution >= 4 is 29.9 Å². The van der Waals surface area contributed by atoms with E-state index in [1.54, 1.807) is 13.2 Å². The van der Waals surface area contributed by atoms with E-state index in [0.717, 1.165) is 34.1 Å². The molecule has 0 aliphatic carbocycles. The molecule has 148 valence electrons. The molecule has 3 aromatic carbocycles. The average Bonchev–Trinajstić information content (AvgIpc) is 2.77. The van der Waals surface area contributed by atoms with Crippen LogP contribution in [0, 0.1) is 0 Å². The first-order valence-corrected chi connectivity index (χ1v) is 9.83. The lowest BCUT2D eigenvalue weighted by Gasteiger charge is -2.31. The van der Waals surface area contributed by atoms with E-state index >= 15 is 0 Å². The van der Waals surface area contributed by atoms with E-state index in [1.807, 2.05) is 60.7 Å². The third-order valence-electron chi connectivity index (χ3n) is 4.86. The lowest BCUT2D eigenvalue weighted by molar-refractivity contribution is 0.0950. The smallest absolute Gasteiger partial charge is 0.251 e. The van der Waals surface area contributed by atoms with Crippen molar-refractivity contribution in [2.24, 2.45) is 0 Å². The molecule has 0 aromatic heterocycles. The normalized spacial score (nSPS) is 12.7. The molecule has 0 saturated heterocycles.